The molecule has 2 rings (SSSR count). The molecular formula is C10H14BN3. The van der Waals surface area contributed by atoms with Gasteiger partial charge in [-0.25, -0.2) is 0 Å². The van der Waals surface area contributed by atoms with E-state index < -0.39 is 0 Å². The van der Waals surface area contributed by atoms with Gasteiger partial charge in [0.15, 0.2) is 0 Å². The first-order valence-electron chi connectivity index (χ1n) is 4.90. The van der Waals surface area contributed by atoms with Crippen LogP contribution in [-0.4, -0.2) is 51.0 Å². The minimum Gasteiger partial charge on any atom is -0.368 e. The van der Waals surface area contributed by atoms with Gasteiger partial charge in [0.2, 0.25) is 0 Å². The maximum Gasteiger partial charge on any atom is 0.116 e. The third-order valence-corrected chi connectivity index (χ3v) is 2.61. The lowest BCUT2D eigenvalue weighted by molar-refractivity contribution is 0.313. The molecule has 1 aromatic rings. The Labute approximate surface area is 86.1 Å². The molecule has 14 heavy (non-hydrogen) atoms. The summed E-state index contributed by atoms with van der Waals surface area (Å²) in [5.74, 6) is 0. The summed E-state index contributed by atoms with van der Waals surface area (Å²) in [7, 11) is 7.84. The van der Waals surface area contributed by atoms with Crippen LogP contribution < -0.4 is 10.4 Å². The summed E-state index contributed by atoms with van der Waals surface area (Å²) in [6.07, 6.45) is 3.56. The second kappa shape index (κ2) is 4.01. The number of aromatic nitrogens is 1. The Bertz CT molecular complexity index is 308. The van der Waals surface area contributed by atoms with Crippen molar-refractivity contribution >= 4 is 19.0 Å². The predicted octanol–water partition coefficient (Wildman–Crippen LogP) is -0.373. The van der Waals surface area contributed by atoms with Crippen LogP contribution >= 0.6 is 0 Å². The number of pyridine rings is 1. The van der Waals surface area contributed by atoms with E-state index in [1.54, 1.807) is 6.20 Å². The van der Waals surface area contributed by atoms with Crippen LogP contribution in [0.25, 0.3) is 0 Å². The lowest BCUT2D eigenvalue weighted by Crippen LogP contribution is -2.44. The number of rotatable bonds is 1. The molecule has 0 aromatic carbocycles. The lowest BCUT2D eigenvalue weighted by Gasteiger charge is -2.33. The smallest absolute Gasteiger partial charge is 0.116 e. The molecule has 0 saturated carbocycles. The van der Waals surface area contributed by atoms with Gasteiger partial charge in [0, 0.05) is 32.4 Å². The van der Waals surface area contributed by atoms with E-state index in [1.165, 1.54) is 0 Å². The molecule has 3 nitrogen and oxygen atoms in total. The molecule has 0 N–H and O–H groups in total. The zero-order valence-corrected chi connectivity index (χ0v) is 8.48. The van der Waals surface area contributed by atoms with Crippen LogP contribution in [0.15, 0.2) is 18.5 Å². The first-order valence-corrected chi connectivity index (χ1v) is 4.90. The van der Waals surface area contributed by atoms with Gasteiger partial charge in [-0.1, -0.05) is 5.46 Å². The summed E-state index contributed by atoms with van der Waals surface area (Å²) in [5.41, 5.74) is 1.87. The van der Waals surface area contributed by atoms with Crippen molar-refractivity contribution in [1.29, 1.82) is 0 Å². The molecule has 0 amide bonds. The summed E-state index contributed by atoms with van der Waals surface area (Å²) in [4.78, 5) is 8.75. The lowest BCUT2D eigenvalue weighted by atomic mass is 9.98. The van der Waals surface area contributed by atoms with Gasteiger partial charge in [-0.05, 0) is 13.1 Å². The molecule has 4 heteroatoms. The second-order valence-corrected chi connectivity index (χ2v) is 3.77. The maximum absolute atomic E-state index is 5.69. The molecule has 1 saturated heterocycles. The average Bonchev–Trinajstić information content (AvgIpc) is 2.19. The van der Waals surface area contributed by atoms with Crippen LogP contribution in [0.5, 0.6) is 0 Å². The Morgan fingerprint density at radius 1 is 1.21 bits per heavy atom. The van der Waals surface area contributed by atoms with Gasteiger partial charge in [-0.2, -0.15) is 0 Å². The predicted molar refractivity (Wildman–Crippen MR) is 59.3 cm³/mol. The van der Waals surface area contributed by atoms with Gasteiger partial charge in [-0.15, -0.1) is 0 Å². The van der Waals surface area contributed by atoms with Crippen molar-refractivity contribution in [2.24, 2.45) is 0 Å². The molecule has 0 aliphatic carbocycles. The van der Waals surface area contributed by atoms with E-state index >= 15 is 0 Å². The number of likely N-dealkylation sites (N-methyl/N-ethyl adjacent to an activating group) is 1. The average molecular weight is 187 g/mol. The minimum atomic E-state index is 0.737. The van der Waals surface area contributed by atoms with Gasteiger partial charge in [0.05, 0.1) is 11.9 Å². The largest absolute Gasteiger partial charge is 0.368 e. The molecular weight excluding hydrogens is 173 g/mol. The highest BCUT2D eigenvalue weighted by Crippen LogP contribution is 2.12. The van der Waals surface area contributed by atoms with Crippen LogP contribution in [-0.2, 0) is 0 Å². The quantitative estimate of drug-likeness (QED) is 0.559. The monoisotopic (exact) mass is 187 g/mol. The van der Waals surface area contributed by atoms with E-state index in [2.05, 4.69) is 21.8 Å². The fourth-order valence-corrected chi connectivity index (χ4v) is 1.68. The first-order chi connectivity index (χ1) is 6.75. The number of hydrogen-bond acceptors (Lipinski definition) is 3. The number of piperazine rings is 1. The van der Waals surface area contributed by atoms with E-state index in [1.807, 2.05) is 12.3 Å². The van der Waals surface area contributed by atoms with E-state index in [4.69, 9.17) is 7.85 Å². The molecule has 72 valence electrons. The molecule has 0 spiro atoms. The topological polar surface area (TPSA) is 19.4 Å². The fraction of sp³-hybridized carbons (Fsp3) is 0.500. The third kappa shape index (κ3) is 2.07. The van der Waals surface area contributed by atoms with Gasteiger partial charge >= 0.3 is 0 Å². The van der Waals surface area contributed by atoms with Crippen LogP contribution in [0.4, 0.5) is 5.69 Å². The normalized spacial score (nSPS) is 18.5. The van der Waals surface area contributed by atoms with Crippen LogP contribution in [0.2, 0.25) is 0 Å². The summed E-state index contributed by atoms with van der Waals surface area (Å²) in [5, 5.41) is 0. The first kappa shape index (κ1) is 9.53. The van der Waals surface area contributed by atoms with Crippen molar-refractivity contribution < 1.29 is 0 Å². The summed E-state index contributed by atoms with van der Waals surface area (Å²) >= 11 is 0. The zero-order valence-electron chi connectivity index (χ0n) is 8.48. The zero-order chi connectivity index (χ0) is 9.97. The Morgan fingerprint density at radius 3 is 2.57 bits per heavy atom. The Kier molecular flexibility index (Phi) is 2.73. The number of anilines is 1. The molecule has 0 unspecified atom stereocenters. The molecule has 2 radical (unpaired) electrons. The van der Waals surface area contributed by atoms with Crippen LogP contribution in [0.1, 0.15) is 0 Å². The minimum absolute atomic E-state index is 0.737. The van der Waals surface area contributed by atoms with Crippen molar-refractivity contribution in [3.8, 4) is 0 Å². The van der Waals surface area contributed by atoms with E-state index in [-0.39, 0.29) is 0 Å². The fourth-order valence-electron chi connectivity index (χ4n) is 1.68. The van der Waals surface area contributed by atoms with Crippen molar-refractivity contribution in [2.45, 2.75) is 0 Å². The molecule has 0 bridgehead atoms. The highest BCUT2D eigenvalue weighted by Gasteiger charge is 2.13. The SMILES string of the molecule is [B]c1cncc(N2CCN(C)CC2)c1. The standard InChI is InChI=1S/C10H14BN3/c1-13-2-4-14(5-3-13)10-6-9(11)7-12-8-10/h6-8H,2-5H2,1H3. The maximum atomic E-state index is 5.69. The van der Waals surface area contributed by atoms with Crippen LogP contribution in [0.3, 0.4) is 0 Å². The van der Waals surface area contributed by atoms with Crippen molar-refractivity contribution in [3.05, 3.63) is 18.5 Å². The van der Waals surface area contributed by atoms with E-state index in [0.717, 1.165) is 37.3 Å². The molecule has 1 fully saturated rings. The van der Waals surface area contributed by atoms with Crippen LogP contribution in [0, 0.1) is 0 Å². The molecule has 1 aliphatic rings. The second-order valence-electron chi connectivity index (χ2n) is 3.77. The highest BCUT2D eigenvalue weighted by molar-refractivity contribution is 6.32. The Hall–Kier alpha value is -1.03. The molecule has 2 heterocycles. The summed E-state index contributed by atoms with van der Waals surface area (Å²) in [6, 6.07) is 1.98. The van der Waals surface area contributed by atoms with Crippen molar-refractivity contribution in [3.63, 3.8) is 0 Å². The Morgan fingerprint density at radius 2 is 1.93 bits per heavy atom. The molecule has 0 atom stereocenters. The van der Waals surface area contributed by atoms with Gasteiger partial charge in [0.25, 0.3) is 0 Å². The van der Waals surface area contributed by atoms with Gasteiger partial charge < -0.3 is 9.80 Å². The number of nitrogens with zero attached hydrogens (tertiary/aromatic N) is 3. The van der Waals surface area contributed by atoms with Crippen molar-refractivity contribution in [2.75, 3.05) is 38.1 Å². The van der Waals surface area contributed by atoms with E-state index in [9.17, 15) is 0 Å². The summed E-state index contributed by atoms with van der Waals surface area (Å²) < 4.78 is 0. The van der Waals surface area contributed by atoms with Gasteiger partial charge in [0.1, 0.15) is 7.85 Å². The number of hydrogen-bond donors (Lipinski definition) is 0. The summed E-state index contributed by atoms with van der Waals surface area (Å²) in [6.45, 7) is 4.33. The third-order valence-electron chi connectivity index (χ3n) is 2.61. The highest BCUT2D eigenvalue weighted by atomic mass is 15.2. The van der Waals surface area contributed by atoms with Crippen molar-refractivity contribution in [1.82, 2.24) is 9.88 Å². The molecule has 1 aliphatic heterocycles. The Balaban J connectivity index is 2.08. The van der Waals surface area contributed by atoms with E-state index in [0.29, 0.717) is 0 Å². The van der Waals surface area contributed by atoms with Gasteiger partial charge in [-0.3, -0.25) is 4.98 Å². The molecule has 1 aromatic heterocycles.